The fourth-order valence-corrected chi connectivity index (χ4v) is 1.56. The van der Waals surface area contributed by atoms with E-state index >= 15 is 0 Å². The van der Waals surface area contributed by atoms with E-state index in [1.807, 2.05) is 27.7 Å². The van der Waals surface area contributed by atoms with Crippen molar-refractivity contribution in [2.45, 2.75) is 66.2 Å². The Morgan fingerprint density at radius 2 is 1.05 bits per heavy atom. The summed E-state index contributed by atoms with van der Waals surface area (Å²) in [5, 5.41) is 0. The van der Waals surface area contributed by atoms with Crippen LogP contribution in [-0.4, -0.2) is 25.2 Å². The number of carbonyl (C=O) groups is 2. The zero-order valence-electron chi connectivity index (χ0n) is 13.4. The van der Waals surface area contributed by atoms with Gasteiger partial charge in [-0.25, -0.2) is 0 Å². The van der Waals surface area contributed by atoms with Gasteiger partial charge in [-0.15, -0.1) is 0 Å². The molecule has 0 amide bonds. The standard InChI is InChI=1S/C16H30O4/c1-13(2)11-19-15(17)9-7-5-6-8-10-16(18)20-12-14(3)4/h13-14H,5-12H2,1-4H3. The zero-order chi connectivity index (χ0) is 15.4. The summed E-state index contributed by atoms with van der Waals surface area (Å²) in [6.07, 6.45) is 4.52. The van der Waals surface area contributed by atoms with Gasteiger partial charge < -0.3 is 9.47 Å². The summed E-state index contributed by atoms with van der Waals surface area (Å²) in [6, 6.07) is 0. The van der Waals surface area contributed by atoms with Crippen LogP contribution in [0.5, 0.6) is 0 Å². The lowest BCUT2D eigenvalue weighted by Crippen LogP contribution is -2.10. The highest BCUT2D eigenvalue weighted by molar-refractivity contribution is 5.69. The maximum absolute atomic E-state index is 11.3. The summed E-state index contributed by atoms with van der Waals surface area (Å²) in [5.74, 6) is 0.539. The fourth-order valence-electron chi connectivity index (χ4n) is 1.56. The molecule has 0 aliphatic heterocycles. The van der Waals surface area contributed by atoms with Crippen molar-refractivity contribution in [3.63, 3.8) is 0 Å². The van der Waals surface area contributed by atoms with Crippen LogP contribution in [0.2, 0.25) is 0 Å². The van der Waals surface area contributed by atoms with Gasteiger partial charge in [0.15, 0.2) is 0 Å². The smallest absolute Gasteiger partial charge is 0.305 e. The van der Waals surface area contributed by atoms with E-state index in [2.05, 4.69) is 0 Å². The van der Waals surface area contributed by atoms with Gasteiger partial charge in [-0.05, 0) is 24.7 Å². The van der Waals surface area contributed by atoms with Crippen molar-refractivity contribution in [1.29, 1.82) is 0 Å². The Morgan fingerprint density at radius 1 is 0.700 bits per heavy atom. The molecule has 0 aromatic heterocycles. The summed E-state index contributed by atoms with van der Waals surface area (Å²) in [5.41, 5.74) is 0. The van der Waals surface area contributed by atoms with Gasteiger partial charge >= 0.3 is 11.9 Å². The second kappa shape index (κ2) is 11.7. The van der Waals surface area contributed by atoms with Crippen LogP contribution in [0.25, 0.3) is 0 Å². The summed E-state index contributed by atoms with van der Waals surface area (Å²) < 4.78 is 10.2. The summed E-state index contributed by atoms with van der Waals surface area (Å²) in [7, 11) is 0. The predicted octanol–water partition coefficient (Wildman–Crippen LogP) is 3.73. The molecule has 0 heterocycles. The molecule has 20 heavy (non-hydrogen) atoms. The van der Waals surface area contributed by atoms with Crippen molar-refractivity contribution < 1.29 is 19.1 Å². The van der Waals surface area contributed by atoms with Crippen molar-refractivity contribution >= 4 is 11.9 Å². The minimum Gasteiger partial charge on any atom is -0.465 e. The minimum atomic E-state index is -0.116. The first-order valence-electron chi connectivity index (χ1n) is 7.73. The fraction of sp³-hybridized carbons (Fsp3) is 0.875. The molecular weight excluding hydrogens is 256 g/mol. The van der Waals surface area contributed by atoms with E-state index < -0.39 is 0 Å². The highest BCUT2D eigenvalue weighted by atomic mass is 16.5. The molecular formula is C16H30O4. The van der Waals surface area contributed by atoms with Gasteiger partial charge in [-0.2, -0.15) is 0 Å². The Hall–Kier alpha value is -1.06. The molecule has 118 valence electrons. The molecule has 0 saturated heterocycles. The van der Waals surface area contributed by atoms with Crippen LogP contribution in [0.4, 0.5) is 0 Å². The molecule has 0 rings (SSSR count). The van der Waals surface area contributed by atoms with E-state index in [4.69, 9.17) is 9.47 Å². The van der Waals surface area contributed by atoms with Crippen LogP contribution in [0.3, 0.4) is 0 Å². The zero-order valence-corrected chi connectivity index (χ0v) is 13.4. The van der Waals surface area contributed by atoms with Gasteiger partial charge in [-0.3, -0.25) is 9.59 Å². The molecule has 0 radical (unpaired) electrons. The van der Waals surface area contributed by atoms with E-state index in [0.717, 1.165) is 25.7 Å². The molecule has 0 aromatic rings. The van der Waals surface area contributed by atoms with Gasteiger partial charge in [0.1, 0.15) is 0 Å². The van der Waals surface area contributed by atoms with Crippen LogP contribution in [-0.2, 0) is 19.1 Å². The molecule has 0 aliphatic rings. The van der Waals surface area contributed by atoms with Crippen molar-refractivity contribution in [2.75, 3.05) is 13.2 Å². The largest absolute Gasteiger partial charge is 0.465 e. The molecule has 4 heteroatoms. The van der Waals surface area contributed by atoms with Crippen molar-refractivity contribution in [3.8, 4) is 0 Å². The highest BCUT2D eigenvalue weighted by Crippen LogP contribution is 2.08. The molecule has 0 atom stereocenters. The van der Waals surface area contributed by atoms with E-state index in [-0.39, 0.29) is 11.9 Å². The summed E-state index contributed by atoms with van der Waals surface area (Å²) >= 11 is 0. The lowest BCUT2D eigenvalue weighted by Gasteiger charge is -2.07. The first-order chi connectivity index (χ1) is 9.41. The predicted molar refractivity (Wildman–Crippen MR) is 79.3 cm³/mol. The van der Waals surface area contributed by atoms with Crippen LogP contribution in [0.1, 0.15) is 66.2 Å². The number of ether oxygens (including phenoxy) is 2. The van der Waals surface area contributed by atoms with E-state index in [9.17, 15) is 9.59 Å². The first kappa shape index (κ1) is 18.9. The number of carbonyl (C=O) groups excluding carboxylic acids is 2. The molecule has 4 nitrogen and oxygen atoms in total. The van der Waals surface area contributed by atoms with E-state index in [1.54, 1.807) is 0 Å². The SMILES string of the molecule is CC(C)COC(=O)CCCCCCC(=O)OCC(C)C. The number of hydrogen-bond acceptors (Lipinski definition) is 4. The second-order valence-corrected chi connectivity index (χ2v) is 6.07. The highest BCUT2D eigenvalue weighted by Gasteiger charge is 2.06. The van der Waals surface area contributed by atoms with Gasteiger partial charge in [0.25, 0.3) is 0 Å². The average Bonchev–Trinajstić information content (AvgIpc) is 2.37. The molecule has 0 saturated carbocycles. The number of unbranched alkanes of at least 4 members (excludes halogenated alkanes) is 3. The van der Waals surface area contributed by atoms with E-state index in [1.165, 1.54) is 0 Å². The third-order valence-electron chi connectivity index (χ3n) is 2.67. The van der Waals surface area contributed by atoms with Crippen molar-refractivity contribution in [1.82, 2.24) is 0 Å². The molecule has 0 aromatic carbocycles. The third kappa shape index (κ3) is 13.4. The lowest BCUT2D eigenvalue weighted by atomic mass is 10.1. The Bertz CT molecular complexity index is 244. The third-order valence-corrected chi connectivity index (χ3v) is 2.67. The monoisotopic (exact) mass is 286 g/mol. The molecule has 0 N–H and O–H groups in total. The molecule has 0 aliphatic carbocycles. The average molecular weight is 286 g/mol. The second-order valence-electron chi connectivity index (χ2n) is 6.07. The summed E-state index contributed by atoms with van der Waals surface area (Å²) in [4.78, 5) is 22.7. The topological polar surface area (TPSA) is 52.6 Å². The minimum absolute atomic E-state index is 0.116. The van der Waals surface area contributed by atoms with Crippen LogP contribution in [0, 0.1) is 11.8 Å². The normalized spacial score (nSPS) is 10.9. The first-order valence-corrected chi connectivity index (χ1v) is 7.73. The van der Waals surface area contributed by atoms with Gasteiger partial charge in [-0.1, -0.05) is 40.5 Å². The number of hydrogen-bond donors (Lipinski definition) is 0. The maximum Gasteiger partial charge on any atom is 0.305 e. The van der Waals surface area contributed by atoms with E-state index in [0.29, 0.717) is 37.9 Å². The van der Waals surface area contributed by atoms with Gasteiger partial charge in [0, 0.05) is 12.8 Å². The van der Waals surface area contributed by atoms with Gasteiger partial charge in [0.2, 0.25) is 0 Å². The Balaban J connectivity index is 3.35. The maximum atomic E-state index is 11.3. The molecule has 0 spiro atoms. The van der Waals surface area contributed by atoms with Crippen molar-refractivity contribution in [3.05, 3.63) is 0 Å². The molecule has 0 bridgehead atoms. The Labute approximate surface area is 123 Å². The quantitative estimate of drug-likeness (QED) is 0.429. The van der Waals surface area contributed by atoms with Crippen molar-refractivity contribution in [2.24, 2.45) is 11.8 Å². The van der Waals surface area contributed by atoms with Crippen LogP contribution < -0.4 is 0 Å². The van der Waals surface area contributed by atoms with Crippen LogP contribution in [0.15, 0.2) is 0 Å². The number of esters is 2. The van der Waals surface area contributed by atoms with Gasteiger partial charge in [0.05, 0.1) is 13.2 Å². The lowest BCUT2D eigenvalue weighted by molar-refractivity contribution is -0.146. The van der Waals surface area contributed by atoms with Crippen LogP contribution >= 0.6 is 0 Å². The Morgan fingerprint density at radius 3 is 1.35 bits per heavy atom. The summed E-state index contributed by atoms with van der Waals surface area (Å²) in [6.45, 7) is 9.08. The number of rotatable bonds is 11. The molecule has 0 fully saturated rings. The molecule has 0 unspecified atom stereocenters. The Kier molecular flexibility index (Phi) is 11.1.